The fraction of sp³-hybridized carbons (Fsp3) is 0.250. The predicted molar refractivity (Wildman–Crippen MR) is 112 cm³/mol. The smallest absolute Gasteiger partial charge is 0.309 e. The first-order valence-corrected chi connectivity index (χ1v) is 10.4. The third-order valence-corrected chi connectivity index (χ3v) is 5.67. The maximum atomic E-state index is 13.0. The van der Waals surface area contributed by atoms with E-state index in [-0.39, 0.29) is 24.9 Å². The molecule has 0 bridgehead atoms. The Kier molecular flexibility index (Phi) is 6.43. The van der Waals surface area contributed by atoms with Crippen molar-refractivity contribution < 1.29 is 23.3 Å². The zero-order valence-electron chi connectivity index (χ0n) is 17.1. The van der Waals surface area contributed by atoms with E-state index in [9.17, 15) is 14.0 Å². The molecule has 2 aromatic carbocycles. The van der Waals surface area contributed by atoms with Gasteiger partial charge in [-0.15, -0.1) is 0 Å². The van der Waals surface area contributed by atoms with Crippen LogP contribution >= 0.6 is 0 Å². The molecule has 0 fully saturated rings. The molecule has 1 unspecified atom stereocenters. The molecule has 1 aromatic heterocycles. The quantitative estimate of drug-likeness (QED) is 0.528. The molecule has 160 valence electrons. The first kappa shape index (κ1) is 20.8. The molecule has 3 N–H and O–H groups in total. The minimum Gasteiger partial charge on any atom is -0.463 e. The summed E-state index contributed by atoms with van der Waals surface area (Å²) in [6.45, 7) is 2.18. The highest BCUT2D eigenvalue weighted by Gasteiger charge is 2.31. The van der Waals surface area contributed by atoms with Crippen LogP contribution in [0.25, 0.3) is 0 Å². The molecule has 2 amide bonds. The second-order valence-corrected chi connectivity index (χ2v) is 7.69. The van der Waals surface area contributed by atoms with Gasteiger partial charge < -0.3 is 20.0 Å². The number of fused-ring (bicyclic) bond motifs is 1. The second-order valence-electron chi connectivity index (χ2n) is 7.69. The Hall–Kier alpha value is -3.45. The Balaban J connectivity index is 1.36. The Morgan fingerprint density at radius 2 is 1.71 bits per heavy atom. The summed E-state index contributed by atoms with van der Waals surface area (Å²) in [6.07, 6.45) is 2.58. The first-order chi connectivity index (χ1) is 15.1. The summed E-state index contributed by atoms with van der Waals surface area (Å²) in [5.74, 6) is -0.988. The van der Waals surface area contributed by atoms with E-state index in [1.165, 1.54) is 28.2 Å². The highest BCUT2D eigenvalue weighted by molar-refractivity contribution is 6.35. The van der Waals surface area contributed by atoms with E-state index in [4.69, 9.17) is 4.42 Å². The van der Waals surface area contributed by atoms with Crippen molar-refractivity contribution in [3.05, 3.63) is 95.2 Å². The number of carbonyl (C=O) groups is 2. The summed E-state index contributed by atoms with van der Waals surface area (Å²) in [5.41, 5.74) is 3.37. The van der Waals surface area contributed by atoms with Crippen LogP contribution in [0.2, 0.25) is 0 Å². The molecule has 0 saturated heterocycles. The molecular weight excluding hydrogens is 397 g/mol. The molecule has 1 aliphatic rings. The van der Waals surface area contributed by atoms with Crippen molar-refractivity contribution >= 4 is 11.8 Å². The largest absolute Gasteiger partial charge is 0.463 e. The number of nitrogens with one attached hydrogen (secondary N) is 3. The number of carbonyl (C=O) groups excluding carboxylic acids is 2. The average molecular weight is 422 g/mol. The van der Waals surface area contributed by atoms with E-state index < -0.39 is 11.8 Å². The van der Waals surface area contributed by atoms with Gasteiger partial charge in [0, 0.05) is 18.5 Å². The van der Waals surface area contributed by atoms with Crippen molar-refractivity contribution in [2.24, 2.45) is 0 Å². The van der Waals surface area contributed by atoms with Crippen LogP contribution in [0, 0.1) is 5.82 Å². The fourth-order valence-corrected chi connectivity index (χ4v) is 3.98. The van der Waals surface area contributed by atoms with Gasteiger partial charge in [-0.05, 0) is 35.4 Å². The molecule has 31 heavy (non-hydrogen) atoms. The van der Waals surface area contributed by atoms with Gasteiger partial charge in [0.15, 0.2) is 11.8 Å². The molecule has 4 rings (SSSR count). The zero-order chi connectivity index (χ0) is 21.6. The highest BCUT2D eigenvalue weighted by atomic mass is 19.1. The summed E-state index contributed by atoms with van der Waals surface area (Å²) in [6, 6.07) is 17.8. The number of hydrogen-bond donors (Lipinski definition) is 3. The van der Waals surface area contributed by atoms with E-state index in [0.29, 0.717) is 5.56 Å². The van der Waals surface area contributed by atoms with E-state index >= 15 is 0 Å². The van der Waals surface area contributed by atoms with E-state index in [1.54, 1.807) is 18.4 Å². The van der Waals surface area contributed by atoms with Gasteiger partial charge in [-0.1, -0.05) is 36.4 Å². The maximum Gasteiger partial charge on any atom is 0.309 e. The lowest BCUT2D eigenvalue weighted by Crippen LogP contribution is -3.12. The lowest BCUT2D eigenvalue weighted by atomic mass is 9.98. The molecule has 6 nitrogen and oxygen atoms in total. The fourth-order valence-electron chi connectivity index (χ4n) is 3.98. The molecule has 2 heterocycles. The zero-order valence-corrected chi connectivity index (χ0v) is 17.1. The Morgan fingerprint density at radius 3 is 2.45 bits per heavy atom. The van der Waals surface area contributed by atoms with Gasteiger partial charge in [0.2, 0.25) is 0 Å². The van der Waals surface area contributed by atoms with E-state index in [1.807, 2.05) is 18.2 Å². The topological polar surface area (TPSA) is 75.8 Å². The van der Waals surface area contributed by atoms with Crippen molar-refractivity contribution in [3.63, 3.8) is 0 Å². The molecule has 0 spiro atoms. The third-order valence-electron chi connectivity index (χ3n) is 5.67. The summed E-state index contributed by atoms with van der Waals surface area (Å²) in [5, 5.41) is 5.31. The standard InChI is InChI=1S/C24H24FN3O3/c25-20-9-7-17(8-10-20)14-26-23(29)24(30)27-15-21(22-6-3-13-31-22)28-12-11-18-4-1-2-5-19(18)16-28/h1-10,13,21H,11-12,14-16H2,(H,26,29)(H,27,30)/p+1/t21-/m1/s1. The second kappa shape index (κ2) is 9.57. The van der Waals surface area contributed by atoms with Crippen molar-refractivity contribution in [1.82, 2.24) is 10.6 Å². The maximum absolute atomic E-state index is 13.0. The van der Waals surface area contributed by atoms with E-state index in [2.05, 4.69) is 28.8 Å². The van der Waals surface area contributed by atoms with Gasteiger partial charge in [0.25, 0.3) is 0 Å². The molecule has 1 aliphatic heterocycles. The predicted octanol–water partition coefficient (Wildman–Crippen LogP) is 1.53. The van der Waals surface area contributed by atoms with E-state index in [0.717, 1.165) is 25.3 Å². The van der Waals surface area contributed by atoms with Crippen LogP contribution in [0.3, 0.4) is 0 Å². The highest BCUT2D eigenvalue weighted by Crippen LogP contribution is 2.15. The minimum atomic E-state index is -0.721. The van der Waals surface area contributed by atoms with Crippen LogP contribution < -0.4 is 15.5 Å². The average Bonchev–Trinajstić information content (AvgIpc) is 3.33. The van der Waals surface area contributed by atoms with Crippen molar-refractivity contribution in [2.45, 2.75) is 25.6 Å². The van der Waals surface area contributed by atoms with Gasteiger partial charge in [-0.3, -0.25) is 9.59 Å². The van der Waals surface area contributed by atoms with Crippen LogP contribution in [0.4, 0.5) is 4.39 Å². The van der Waals surface area contributed by atoms with Crippen LogP contribution in [0.5, 0.6) is 0 Å². The number of quaternary nitrogens is 1. The SMILES string of the molecule is O=C(NCc1ccc(F)cc1)C(=O)NC[C@H](c1ccco1)[NH+]1CCc2ccccc2C1. The van der Waals surface area contributed by atoms with Crippen LogP contribution in [-0.2, 0) is 29.1 Å². The van der Waals surface area contributed by atoms with Crippen molar-refractivity contribution in [3.8, 4) is 0 Å². The number of hydrogen-bond acceptors (Lipinski definition) is 3. The molecule has 2 atom stereocenters. The number of amides is 2. The van der Waals surface area contributed by atoms with Gasteiger partial charge in [-0.25, -0.2) is 4.39 Å². The van der Waals surface area contributed by atoms with Gasteiger partial charge in [0.1, 0.15) is 12.4 Å². The molecule has 0 saturated carbocycles. The molecule has 0 aliphatic carbocycles. The van der Waals surface area contributed by atoms with Gasteiger partial charge in [-0.2, -0.15) is 0 Å². The Morgan fingerprint density at radius 1 is 0.968 bits per heavy atom. The Bertz CT molecular complexity index is 1030. The van der Waals surface area contributed by atoms with Crippen LogP contribution in [0.1, 0.15) is 28.5 Å². The molecular formula is C24H25FN3O3+. The number of halogens is 1. The summed E-state index contributed by atoms with van der Waals surface area (Å²) in [4.78, 5) is 25.8. The molecule has 7 heteroatoms. The molecule has 3 aromatic rings. The number of furan rings is 1. The van der Waals surface area contributed by atoms with Gasteiger partial charge in [0.05, 0.1) is 19.4 Å². The summed E-state index contributed by atoms with van der Waals surface area (Å²) in [7, 11) is 0. The monoisotopic (exact) mass is 422 g/mol. The minimum absolute atomic E-state index is 0.0998. The normalized spacial score (nSPS) is 16.2. The Labute approximate surface area is 180 Å². The summed E-state index contributed by atoms with van der Waals surface area (Å²) >= 11 is 0. The van der Waals surface area contributed by atoms with Crippen LogP contribution in [-0.4, -0.2) is 24.9 Å². The number of rotatable bonds is 6. The summed E-state index contributed by atoms with van der Waals surface area (Å²) < 4.78 is 18.6. The van der Waals surface area contributed by atoms with Gasteiger partial charge >= 0.3 is 11.8 Å². The lowest BCUT2D eigenvalue weighted by Gasteiger charge is -2.31. The molecule has 0 radical (unpaired) electrons. The lowest BCUT2D eigenvalue weighted by molar-refractivity contribution is -0.946. The van der Waals surface area contributed by atoms with Crippen LogP contribution in [0.15, 0.2) is 71.3 Å². The first-order valence-electron chi connectivity index (χ1n) is 10.4. The van der Waals surface area contributed by atoms with Crippen molar-refractivity contribution in [2.75, 3.05) is 13.1 Å². The number of benzene rings is 2. The van der Waals surface area contributed by atoms with Crippen molar-refractivity contribution in [1.29, 1.82) is 0 Å². The third kappa shape index (κ3) is 5.19.